The number of para-hydroxylation sites is 1. The zero-order valence-corrected chi connectivity index (χ0v) is 14.8. The average Bonchev–Trinajstić information content (AvgIpc) is 2.99. The topological polar surface area (TPSA) is 4.93 Å². The van der Waals surface area contributed by atoms with E-state index in [2.05, 4.69) is 22.9 Å². The van der Waals surface area contributed by atoms with E-state index in [0.29, 0.717) is 6.54 Å². The van der Waals surface area contributed by atoms with Gasteiger partial charge in [-0.3, -0.25) is 0 Å². The van der Waals surface area contributed by atoms with Crippen molar-refractivity contribution < 1.29 is 8.78 Å². The van der Waals surface area contributed by atoms with Gasteiger partial charge in [0.25, 0.3) is 0 Å². The third-order valence-electron chi connectivity index (χ3n) is 4.30. The molecule has 0 bridgehead atoms. The van der Waals surface area contributed by atoms with Crippen molar-refractivity contribution in [3.63, 3.8) is 0 Å². The molecule has 0 radical (unpaired) electrons. The van der Waals surface area contributed by atoms with Crippen LogP contribution >= 0.6 is 11.8 Å². The summed E-state index contributed by atoms with van der Waals surface area (Å²) in [6.07, 6.45) is 2.11. The fourth-order valence-corrected chi connectivity index (χ4v) is 4.08. The maximum atomic E-state index is 13.5. The van der Waals surface area contributed by atoms with Gasteiger partial charge in [0.05, 0.1) is 0 Å². The largest absolute Gasteiger partial charge is 0.342 e. The maximum absolute atomic E-state index is 13.5. The van der Waals surface area contributed by atoms with Crippen molar-refractivity contribution >= 4 is 22.7 Å². The quantitative estimate of drug-likeness (QED) is 0.378. The number of hydrogen-bond acceptors (Lipinski definition) is 1. The van der Waals surface area contributed by atoms with Crippen LogP contribution in [0.3, 0.4) is 0 Å². The summed E-state index contributed by atoms with van der Waals surface area (Å²) >= 11 is 1.73. The fourth-order valence-electron chi connectivity index (χ4n) is 3.03. The van der Waals surface area contributed by atoms with E-state index in [1.54, 1.807) is 23.9 Å². The minimum Gasteiger partial charge on any atom is -0.342 e. The van der Waals surface area contributed by atoms with Crippen LogP contribution in [0.5, 0.6) is 0 Å². The second kappa shape index (κ2) is 7.34. The van der Waals surface area contributed by atoms with Crippen molar-refractivity contribution in [3.05, 3.63) is 102 Å². The predicted octanol–water partition coefficient (Wildman–Crippen LogP) is 6.26. The van der Waals surface area contributed by atoms with Crippen molar-refractivity contribution in [1.82, 2.24) is 4.57 Å². The van der Waals surface area contributed by atoms with E-state index >= 15 is 0 Å². The lowest BCUT2D eigenvalue weighted by atomic mass is 10.2. The number of rotatable bonds is 5. The summed E-state index contributed by atoms with van der Waals surface area (Å²) in [5.41, 5.74) is 3.14. The first-order chi connectivity index (χ1) is 12.7. The lowest BCUT2D eigenvalue weighted by molar-refractivity contribution is 0.624. The number of hydrogen-bond donors (Lipinski definition) is 0. The van der Waals surface area contributed by atoms with Crippen molar-refractivity contribution in [2.45, 2.75) is 17.2 Å². The first-order valence-electron chi connectivity index (χ1n) is 8.38. The Morgan fingerprint density at radius 1 is 0.769 bits per heavy atom. The van der Waals surface area contributed by atoms with Crippen LogP contribution in [0.15, 0.2) is 83.9 Å². The number of halogens is 2. The minimum atomic E-state index is -0.218. The van der Waals surface area contributed by atoms with Gasteiger partial charge in [0, 0.05) is 34.3 Å². The lowest BCUT2D eigenvalue weighted by Gasteiger charge is -2.05. The monoisotopic (exact) mass is 365 g/mol. The fraction of sp³-hybridized carbons (Fsp3) is 0.0909. The highest BCUT2D eigenvalue weighted by Gasteiger charge is 2.10. The third kappa shape index (κ3) is 3.65. The summed E-state index contributed by atoms with van der Waals surface area (Å²) in [5, 5.41) is 1.18. The number of thioether (sulfide) groups is 1. The second-order valence-electron chi connectivity index (χ2n) is 6.18. The van der Waals surface area contributed by atoms with Gasteiger partial charge in [0.15, 0.2) is 0 Å². The van der Waals surface area contributed by atoms with Crippen molar-refractivity contribution in [2.75, 3.05) is 0 Å². The maximum Gasteiger partial charge on any atom is 0.123 e. The molecule has 130 valence electrons. The smallest absolute Gasteiger partial charge is 0.123 e. The zero-order chi connectivity index (χ0) is 17.9. The van der Waals surface area contributed by atoms with Crippen LogP contribution in [0.4, 0.5) is 8.78 Å². The van der Waals surface area contributed by atoms with Crippen LogP contribution in [-0.2, 0) is 12.3 Å². The summed E-state index contributed by atoms with van der Waals surface area (Å²) in [4.78, 5) is 1.17. The third-order valence-corrected chi connectivity index (χ3v) is 5.42. The molecule has 0 atom stereocenters. The van der Waals surface area contributed by atoms with E-state index in [9.17, 15) is 8.78 Å². The molecule has 1 aromatic heterocycles. The highest BCUT2D eigenvalue weighted by molar-refractivity contribution is 7.98. The van der Waals surface area contributed by atoms with Crippen LogP contribution < -0.4 is 0 Å². The van der Waals surface area contributed by atoms with Crippen molar-refractivity contribution in [3.8, 4) is 0 Å². The van der Waals surface area contributed by atoms with E-state index in [4.69, 9.17) is 0 Å². The molecule has 1 nitrogen and oxygen atoms in total. The zero-order valence-electron chi connectivity index (χ0n) is 14.0. The van der Waals surface area contributed by atoms with Crippen LogP contribution in [0.25, 0.3) is 10.9 Å². The summed E-state index contributed by atoms with van der Waals surface area (Å²) in [7, 11) is 0. The number of benzene rings is 3. The molecule has 0 aliphatic rings. The molecule has 0 saturated heterocycles. The minimum absolute atomic E-state index is 0.217. The van der Waals surface area contributed by atoms with Gasteiger partial charge in [0.1, 0.15) is 11.6 Å². The number of nitrogens with zero attached hydrogens (tertiary/aromatic N) is 1. The Morgan fingerprint density at radius 3 is 2.38 bits per heavy atom. The molecule has 0 amide bonds. The van der Waals surface area contributed by atoms with Gasteiger partial charge in [-0.15, -0.1) is 11.8 Å². The summed E-state index contributed by atoms with van der Waals surface area (Å²) in [5.74, 6) is 0.337. The number of aromatic nitrogens is 1. The van der Waals surface area contributed by atoms with E-state index < -0.39 is 0 Å². The van der Waals surface area contributed by atoms with E-state index in [1.165, 1.54) is 28.5 Å². The van der Waals surface area contributed by atoms with Gasteiger partial charge in [-0.1, -0.05) is 42.5 Å². The Bertz CT molecular complexity index is 1040. The first-order valence-corrected chi connectivity index (χ1v) is 9.37. The molecule has 0 N–H and O–H groups in total. The molecule has 0 saturated carbocycles. The lowest BCUT2D eigenvalue weighted by Crippen LogP contribution is -1.98. The molecular weight excluding hydrogens is 348 g/mol. The SMILES string of the molecule is Fc1ccc(CSc2cn(Cc3cccc(F)c3)c3ccccc23)cc1. The Hall–Kier alpha value is -2.59. The molecule has 4 heteroatoms. The van der Waals surface area contributed by atoms with E-state index in [0.717, 1.165) is 22.4 Å². The molecule has 4 rings (SSSR count). The van der Waals surface area contributed by atoms with Crippen molar-refractivity contribution in [1.29, 1.82) is 0 Å². The summed E-state index contributed by atoms with van der Waals surface area (Å²) < 4.78 is 28.7. The molecule has 0 spiro atoms. The molecule has 26 heavy (non-hydrogen) atoms. The normalized spacial score (nSPS) is 11.2. The van der Waals surface area contributed by atoms with Gasteiger partial charge in [-0.05, 0) is 41.5 Å². The van der Waals surface area contributed by atoms with Crippen molar-refractivity contribution in [2.24, 2.45) is 0 Å². The Balaban J connectivity index is 1.62. The van der Waals surface area contributed by atoms with Gasteiger partial charge in [-0.25, -0.2) is 8.78 Å². The first kappa shape index (κ1) is 16.9. The Morgan fingerprint density at radius 2 is 1.58 bits per heavy atom. The molecule has 4 aromatic rings. The van der Waals surface area contributed by atoms with Crippen LogP contribution in [0, 0.1) is 11.6 Å². The highest BCUT2D eigenvalue weighted by Crippen LogP contribution is 2.32. The van der Waals surface area contributed by atoms with E-state index in [-0.39, 0.29) is 11.6 Å². The van der Waals surface area contributed by atoms with Gasteiger partial charge < -0.3 is 4.57 Å². The number of fused-ring (bicyclic) bond motifs is 1. The average molecular weight is 365 g/mol. The summed E-state index contributed by atoms with van der Waals surface area (Å²) in [6, 6.07) is 21.5. The van der Waals surface area contributed by atoms with Gasteiger partial charge in [0.2, 0.25) is 0 Å². The van der Waals surface area contributed by atoms with Gasteiger partial charge in [-0.2, -0.15) is 0 Å². The summed E-state index contributed by atoms with van der Waals surface area (Å²) in [6.45, 7) is 0.620. The van der Waals surface area contributed by atoms with Crippen LogP contribution in [0.2, 0.25) is 0 Å². The molecular formula is C22H17F2NS. The standard InChI is InChI=1S/C22H17F2NS/c23-18-10-8-16(9-11-18)15-26-22-14-25(21-7-2-1-6-20(21)22)13-17-4-3-5-19(24)12-17/h1-12,14H,13,15H2. The highest BCUT2D eigenvalue weighted by atomic mass is 32.2. The Kier molecular flexibility index (Phi) is 4.76. The Labute approximate surface area is 155 Å². The molecule has 0 fully saturated rings. The van der Waals surface area contributed by atoms with Crippen LogP contribution in [0.1, 0.15) is 11.1 Å². The molecule has 1 heterocycles. The van der Waals surface area contributed by atoms with Gasteiger partial charge >= 0.3 is 0 Å². The molecule has 0 unspecified atom stereocenters. The molecule has 0 aliphatic carbocycles. The molecule has 0 aliphatic heterocycles. The van der Waals surface area contributed by atoms with E-state index in [1.807, 2.05) is 30.3 Å². The molecule has 3 aromatic carbocycles. The second-order valence-corrected chi connectivity index (χ2v) is 7.20. The predicted molar refractivity (Wildman–Crippen MR) is 103 cm³/mol. The van der Waals surface area contributed by atoms with Crippen LogP contribution in [-0.4, -0.2) is 4.57 Å².